The van der Waals surface area contributed by atoms with Gasteiger partial charge in [-0.3, -0.25) is 4.99 Å². The van der Waals surface area contributed by atoms with Gasteiger partial charge in [0.05, 0.1) is 26.5 Å². The van der Waals surface area contributed by atoms with Crippen molar-refractivity contribution in [1.82, 2.24) is 10.2 Å². The van der Waals surface area contributed by atoms with Crippen molar-refractivity contribution >= 4 is 11.6 Å². The van der Waals surface area contributed by atoms with E-state index >= 15 is 0 Å². The first-order valence-electron chi connectivity index (χ1n) is 10.4. The highest BCUT2D eigenvalue weighted by Gasteiger charge is 2.22. The van der Waals surface area contributed by atoms with Crippen LogP contribution in [0.4, 0.5) is 10.1 Å². The van der Waals surface area contributed by atoms with Crippen molar-refractivity contribution in [2.75, 3.05) is 59.0 Å². The van der Waals surface area contributed by atoms with Crippen molar-refractivity contribution in [2.24, 2.45) is 4.99 Å². The number of aliphatic imine (C=N–C) groups is 1. The molecule has 0 bridgehead atoms. The fourth-order valence-corrected chi connectivity index (χ4v) is 3.70. The predicted octanol–water partition coefficient (Wildman–Crippen LogP) is 3.14. The zero-order valence-electron chi connectivity index (χ0n) is 18.7. The third-order valence-corrected chi connectivity index (χ3v) is 5.24. The lowest BCUT2D eigenvalue weighted by atomic mass is 10.1. The van der Waals surface area contributed by atoms with E-state index in [4.69, 9.17) is 14.2 Å². The number of piperazine rings is 1. The van der Waals surface area contributed by atoms with Gasteiger partial charge >= 0.3 is 0 Å². The Morgan fingerprint density at radius 2 is 1.71 bits per heavy atom. The van der Waals surface area contributed by atoms with Crippen LogP contribution in [0.1, 0.15) is 12.5 Å². The standard InChI is InChI=1S/C23H31FN4O3/c1-5-31-22-20(29-3)14-17(15-21(22)30-4)16-26-23(25-2)28-12-10-27(11-13-28)19-9-7-6-8-18(19)24/h6-9,14-15H,5,10-13,16H2,1-4H3,(H,25,26). The van der Waals surface area contributed by atoms with Gasteiger partial charge in [-0.1, -0.05) is 12.1 Å². The molecule has 2 aromatic carbocycles. The molecule has 0 aliphatic carbocycles. The fourth-order valence-electron chi connectivity index (χ4n) is 3.70. The number of ether oxygens (including phenoxy) is 3. The summed E-state index contributed by atoms with van der Waals surface area (Å²) in [6.45, 7) is 5.96. The SMILES string of the molecule is CCOc1c(OC)cc(CNC(=NC)N2CCN(c3ccccc3F)CC2)cc1OC. The monoisotopic (exact) mass is 430 g/mol. The van der Waals surface area contributed by atoms with Crippen molar-refractivity contribution in [3.63, 3.8) is 0 Å². The van der Waals surface area contributed by atoms with Crippen molar-refractivity contribution in [1.29, 1.82) is 0 Å². The second-order valence-corrected chi connectivity index (χ2v) is 7.09. The van der Waals surface area contributed by atoms with Crippen LogP contribution in [0.5, 0.6) is 17.2 Å². The van der Waals surface area contributed by atoms with Crippen molar-refractivity contribution in [3.8, 4) is 17.2 Å². The number of methoxy groups -OCH3 is 2. The molecular formula is C23H31FN4O3. The largest absolute Gasteiger partial charge is 0.493 e. The van der Waals surface area contributed by atoms with Gasteiger partial charge in [0.25, 0.3) is 0 Å². The molecule has 1 fully saturated rings. The third kappa shape index (κ3) is 5.31. The Kier molecular flexibility index (Phi) is 7.81. The number of anilines is 1. The number of hydrogen-bond donors (Lipinski definition) is 1. The minimum Gasteiger partial charge on any atom is -0.493 e. The molecule has 1 N–H and O–H groups in total. The number of benzene rings is 2. The Hall–Kier alpha value is -3.16. The van der Waals surface area contributed by atoms with Gasteiger partial charge in [0.1, 0.15) is 5.82 Å². The van der Waals surface area contributed by atoms with Gasteiger partial charge in [0.15, 0.2) is 17.5 Å². The summed E-state index contributed by atoms with van der Waals surface area (Å²) in [4.78, 5) is 8.68. The van der Waals surface area contributed by atoms with Crippen LogP contribution in [0.15, 0.2) is 41.4 Å². The maximum atomic E-state index is 14.1. The topological polar surface area (TPSA) is 58.6 Å². The highest BCUT2D eigenvalue weighted by Crippen LogP contribution is 2.38. The van der Waals surface area contributed by atoms with Crippen LogP contribution < -0.4 is 24.4 Å². The molecule has 0 unspecified atom stereocenters. The average molecular weight is 431 g/mol. The first-order valence-corrected chi connectivity index (χ1v) is 10.4. The lowest BCUT2D eigenvalue weighted by Crippen LogP contribution is -2.52. The molecule has 0 saturated carbocycles. The molecule has 168 valence electrons. The molecule has 3 rings (SSSR count). The highest BCUT2D eigenvalue weighted by atomic mass is 19.1. The number of guanidine groups is 1. The summed E-state index contributed by atoms with van der Waals surface area (Å²) in [5.41, 5.74) is 1.64. The van der Waals surface area contributed by atoms with Crippen molar-refractivity contribution in [3.05, 3.63) is 47.8 Å². The van der Waals surface area contributed by atoms with E-state index in [0.29, 0.717) is 36.1 Å². The second kappa shape index (κ2) is 10.7. The van der Waals surface area contributed by atoms with E-state index in [9.17, 15) is 4.39 Å². The molecule has 1 aliphatic heterocycles. The Bertz CT molecular complexity index is 873. The van der Waals surface area contributed by atoms with E-state index in [1.807, 2.05) is 31.2 Å². The van der Waals surface area contributed by atoms with Crippen LogP contribution >= 0.6 is 0 Å². The summed E-state index contributed by atoms with van der Waals surface area (Å²) in [6.07, 6.45) is 0. The highest BCUT2D eigenvalue weighted by molar-refractivity contribution is 5.80. The normalized spacial score (nSPS) is 14.4. The Morgan fingerprint density at radius 1 is 1.06 bits per heavy atom. The first-order chi connectivity index (χ1) is 15.1. The maximum Gasteiger partial charge on any atom is 0.203 e. The van der Waals surface area contributed by atoms with Crippen molar-refractivity contribution < 1.29 is 18.6 Å². The Morgan fingerprint density at radius 3 is 2.26 bits per heavy atom. The van der Waals surface area contributed by atoms with Crippen LogP contribution in [0.2, 0.25) is 0 Å². The smallest absolute Gasteiger partial charge is 0.203 e. The summed E-state index contributed by atoms with van der Waals surface area (Å²) in [5.74, 6) is 2.49. The van der Waals surface area contributed by atoms with E-state index in [1.54, 1.807) is 27.3 Å². The van der Waals surface area contributed by atoms with Gasteiger partial charge in [-0.15, -0.1) is 0 Å². The average Bonchev–Trinajstić information content (AvgIpc) is 2.81. The molecule has 0 atom stereocenters. The molecule has 0 spiro atoms. The zero-order valence-corrected chi connectivity index (χ0v) is 18.7. The molecule has 31 heavy (non-hydrogen) atoms. The van der Waals surface area contributed by atoms with Crippen LogP contribution in [-0.4, -0.2) is 64.9 Å². The summed E-state index contributed by atoms with van der Waals surface area (Å²) in [5, 5.41) is 3.41. The Labute approximate surface area is 183 Å². The molecule has 1 heterocycles. The zero-order chi connectivity index (χ0) is 22.2. The summed E-state index contributed by atoms with van der Waals surface area (Å²) in [6, 6.07) is 10.8. The molecular weight excluding hydrogens is 399 g/mol. The Balaban J connectivity index is 1.63. The molecule has 0 amide bonds. The van der Waals surface area contributed by atoms with Gasteiger partial charge in [-0.2, -0.15) is 0 Å². The number of para-hydroxylation sites is 1. The molecule has 0 aromatic heterocycles. The van der Waals surface area contributed by atoms with E-state index in [-0.39, 0.29) is 5.82 Å². The minimum absolute atomic E-state index is 0.183. The van der Waals surface area contributed by atoms with Crippen LogP contribution in [0.3, 0.4) is 0 Å². The molecule has 0 radical (unpaired) electrons. The third-order valence-electron chi connectivity index (χ3n) is 5.24. The van der Waals surface area contributed by atoms with Crippen LogP contribution in [0.25, 0.3) is 0 Å². The molecule has 1 aliphatic rings. The number of nitrogens with one attached hydrogen (secondary N) is 1. The maximum absolute atomic E-state index is 14.1. The minimum atomic E-state index is -0.183. The van der Waals surface area contributed by atoms with E-state index in [0.717, 1.165) is 37.7 Å². The van der Waals surface area contributed by atoms with Gasteiger partial charge in [-0.05, 0) is 36.8 Å². The van der Waals surface area contributed by atoms with Crippen molar-refractivity contribution in [2.45, 2.75) is 13.5 Å². The quantitative estimate of drug-likeness (QED) is 0.538. The molecule has 7 nitrogen and oxygen atoms in total. The number of rotatable bonds is 7. The van der Waals surface area contributed by atoms with Gasteiger partial charge in [-0.25, -0.2) is 4.39 Å². The summed E-state index contributed by atoms with van der Waals surface area (Å²) >= 11 is 0. The first kappa shape index (κ1) is 22.5. The number of nitrogens with zero attached hydrogens (tertiary/aromatic N) is 3. The van der Waals surface area contributed by atoms with Crippen LogP contribution in [0, 0.1) is 5.82 Å². The van der Waals surface area contributed by atoms with Gasteiger partial charge in [0, 0.05) is 39.8 Å². The van der Waals surface area contributed by atoms with Crippen LogP contribution in [-0.2, 0) is 6.54 Å². The molecule has 2 aromatic rings. The molecule has 8 heteroatoms. The van der Waals surface area contributed by atoms with E-state index in [2.05, 4.69) is 20.1 Å². The lowest BCUT2D eigenvalue weighted by Gasteiger charge is -2.37. The number of hydrogen-bond acceptors (Lipinski definition) is 5. The van der Waals surface area contributed by atoms with Gasteiger partial charge < -0.3 is 29.3 Å². The number of halogens is 1. The summed E-state index contributed by atoms with van der Waals surface area (Å²) < 4.78 is 30.7. The fraction of sp³-hybridized carbons (Fsp3) is 0.435. The van der Waals surface area contributed by atoms with E-state index in [1.165, 1.54) is 6.07 Å². The predicted molar refractivity (Wildman–Crippen MR) is 121 cm³/mol. The van der Waals surface area contributed by atoms with E-state index < -0.39 is 0 Å². The lowest BCUT2D eigenvalue weighted by molar-refractivity contribution is 0.288. The molecule has 1 saturated heterocycles. The summed E-state index contributed by atoms with van der Waals surface area (Å²) in [7, 11) is 5.00. The second-order valence-electron chi connectivity index (χ2n) is 7.09. The van der Waals surface area contributed by atoms with Gasteiger partial charge in [0.2, 0.25) is 5.75 Å².